The molecule has 0 radical (unpaired) electrons. The normalized spacial score (nSPS) is 11.3. The number of rotatable bonds is 2. The fourth-order valence-electron chi connectivity index (χ4n) is 2.80. The van der Waals surface area contributed by atoms with Gasteiger partial charge in [0, 0.05) is 33.9 Å². The van der Waals surface area contributed by atoms with Crippen molar-refractivity contribution in [1.29, 1.82) is 0 Å². The summed E-state index contributed by atoms with van der Waals surface area (Å²) in [5.41, 5.74) is 6.29. The van der Waals surface area contributed by atoms with Gasteiger partial charge in [-0.2, -0.15) is 0 Å². The molecule has 0 unspecified atom stereocenters. The van der Waals surface area contributed by atoms with Crippen LogP contribution >= 0.6 is 22.7 Å². The van der Waals surface area contributed by atoms with Crippen LogP contribution in [0.3, 0.4) is 0 Å². The molecule has 0 aliphatic heterocycles. The molecule has 4 heterocycles. The van der Waals surface area contributed by atoms with Crippen LogP contribution in [-0.2, 0) is 0 Å². The summed E-state index contributed by atoms with van der Waals surface area (Å²) in [7, 11) is 0. The monoisotopic (exact) mass is 352 g/mol. The Morgan fingerprint density at radius 2 is 0.875 bits per heavy atom. The maximum atomic E-state index is 4.79. The zero-order valence-corrected chi connectivity index (χ0v) is 15.5. The summed E-state index contributed by atoms with van der Waals surface area (Å²) in [6, 6.07) is 8.30. The molecule has 0 fully saturated rings. The molecule has 4 nitrogen and oxygen atoms in total. The second-order valence-electron chi connectivity index (χ2n) is 5.93. The first kappa shape index (κ1) is 15.4. The van der Waals surface area contributed by atoms with Gasteiger partial charge in [0.1, 0.15) is 10.0 Å². The summed E-state index contributed by atoms with van der Waals surface area (Å²) in [4.78, 5) is 20.4. The Balaban J connectivity index is 1.77. The number of nitrogens with zero attached hydrogens (tertiary/aromatic N) is 4. The van der Waals surface area contributed by atoms with E-state index in [1.807, 2.05) is 27.7 Å². The fourth-order valence-corrected chi connectivity index (χ4v) is 4.82. The van der Waals surface area contributed by atoms with Crippen molar-refractivity contribution in [3.63, 3.8) is 0 Å². The Kier molecular flexibility index (Phi) is 3.66. The molecule has 4 aromatic rings. The smallest absolute Gasteiger partial charge is 0.155 e. The molecule has 0 N–H and O–H groups in total. The Morgan fingerprint density at radius 1 is 0.542 bits per heavy atom. The molecule has 24 heavy (non-hydrogen) atoms. The third kappa shape index (κ3) is 2.83. The van der Waals surface area contributed by atoms with Crippen molar-refractivity contribution in [2.45, 2.75) is 27.7 Å². The summed E-state index contributed by atoms with van der Waals surface area (Å²) >= 11 is 3.27. The van der Waals surface area contributed by atoms with Gasteiger partial charge >= 0.3 is 0 Å². The van der Waals surface area contributed by atoms with Crippen LogP contribution in [0.15, 0.2) is 24.3 Å². The Labute approximate surface area is 148 Å². The molecular weight excluding hydrogens is 336 g/mol. The summed E-state index contributed by atoms with van der Waals surface area (Å²) in [6.45, 7) is 8.04. The van der Waals surface area contributed by atoms with E-state index < -0.39 is 0 Å². The molecule has 4 aromatic heterocycles. The van der Waals surface area contributed by atoms with Crippen LogP contribution in [-0.4, -0.2) is 19.9 Å². The number of fused-ring (bicyclic) bond motifs is 1. The Hall–Kier alpha value is -2.18. The van der Waals surface area contributed by atoms with Crippen molar-refractivity contribution in [3.05, 3.63) is 47.0 Å². The van der Waals surface area contributed by atoms with Crippen molar-refractivity contribution >= 4 is 32.3 Å². The molecule has 0 aromatic carbocycles. The predicted molar refractivity (Wildman–Crippen MR) is 101 cm³/mol. The van der Waals surface area contributed by atoms with Crippen molar-refractivity contribution in [2.75, 3.05) is 0 Å². The molecular formula is C18H16N4S2. The second-order valence-corrected chi connectivity index (χ2v) is 7.88. The van der Waals surface area contributed by atoms with E-state index in [1.54, 1.807) is 22.7 Å². The highest BCUT2D eigenvalue weighted by Crippen LogP contribution is 2.36. The highest BCUT2D eigenvalue weighted by atomic mass is 32.1. The van der Waals surface area contributed by atoms with E-state index in [0.29, 0.717) is 0 Å². The molecule has 6 heteroatoms. The van der Waals surface area contributed by atoms with Crippen LogP contribution in [0.2, 0.25) is 0 Å². The largest absolute Gasteiger partial charge is 0.258 e. The number of hydrogen-bond acceptors (Lipinski definition) is 6. The highest BCUT2D eigenvalue weighted by molar-refractivity contribution is 7.29. The molecule has 0 spiro atoms. The third-order valence-corrected chi connectivity index (χ3v) is 5.76. The fraction of sp³-hybridized carbons (Fsp3) is 0.222. The zero-order chi connectivity index (χ0) is 16.8. The van der Waals surface area contributed by atoms with Gasteiger partial charge < -0.3 is 0 Å². The van der Waals surface area contributed by atoms with Gasteiger partial charge in [0.2, 0.25) is 0 Å². The molecule has 0 amide bonds. The lowest BCUT2D eigenvalue weighted by molar-refractivity contribution is 1.12. The Morgan fingerprint density at radius 3 is 1.21 bits per heavy atom. The van der Waals surface area contributed by atoms with Gasteiger partial charge in [0.05, 0.1) is 0 Å². The van der Waals surface area contributed by atoms with Crippen molar-refractivity contribution < 1.29 is 0 Å². The van der Waals surface area contributed by atoms with Gasteiger partial charge in [-0.05, 0) is 52.0 Å². The average molecular weight is 352 g/mol. The average Bonchev–Trinajstić information content (AvgIpc) is 3.03. The number of hydrogen-bond donors (Lipinski definition) is 0. The Bertz CT molecular complexity index is 909. The van der Waals surface area contributed by atoms with Gasteiger partial charge in [0.15, 0.2) is 9.66 Å². The van der Waals surface area contributed by atoms with Gasteiger partial charge in [-0.3, -0.25) is 9.97 Å². The lowest BCUT2D eigenvalue weighted by Gasteiger charge is -2.01. The third-order valence-electron chi connectivity index (χ3n) is 3.63. The topological polar surface area (TPSA) is 51.6 Å². The minimum absolute atomic E-state index is 0.990. The number of thiazole rings is 2. The summed E-state index contributed by atoms with van der Waals surface area (Å²) in [6.07, 6.45) is 0. The first-order valence-corrected chi connectivity index (χ1v) is 9.30. The van der Waals surface area contributed by atoms with Crippen molar-refractivity contribution in [2.24, 2.45) is 0 Å². The van der Waals surface area contributed by atoms with E-state index in [4.69, 9.17) is 9.97 Å². The first-order chi connectivity index (χ1) is 11.5. The second kappa shape index (κ2) is 5.72. The minimum atomic E-state index is 0.990. The van der Waals surface area contributed by atoms with E-state index >= 15 is 0 Å². The van der Waals surface area contributed by atoms with E-state index in [0.717, 1.165) is 53.6 Å². The maximum Gasteiger partial charge on any atom is 0.155 e. The van der Waals surface area contributed by atoms with Gasteiger partial charge in [-0.15, -0.1) is 0 Å². The van der Waals surface area contributed by atoms with Crippen molar-refractivity contribution in [1.82, 2.24) is 19.9 Å². The van der Waals surface area contributed by atoms with Gasteiger partial charge in [-0.25, -0.2) is 9.97 Å². The van der Waals surface area contributed by atoms with Gasteiger partial charge in [-0.1, -0.05) is 22.7 Å². The maximum absolute atomic E-state index is 4.79. The molecule has 0 atom stereocenters. The van der Waals surface area contributed by atoms with E-state index in [2.05, 4.69) is 34.2 Å². The summed E-state index contributed by atoms with van der Waals surface area (Å²) < 4.78 is 0. The van der Waals surface area contributed by atoms with Crippen LogP contribution in [0.4, 0.5) is 0 Å². The molecule has 4 rings (SSSR count). The summed E-state index contributed by atoms with van der Waals surface area (Å²) in [5.74, 6) is 0. The first-order valence-electron chi connectivity index (χ1n) is 7.66. The van der Waals surface area contributed by atoms with Crippen LogP contribution in [0, 0.1) is 27.7 Å². The SMILES string of the molecule is Cc1cc(-c2nc3sc(-c4cc(C)nc(C)c4)nc3s2)cc(C)n1. The standard InChI is InChI=1S/C18H16N4S2/c1-9-5-13(6-10(2)19-9)15-21-17-18(23-15)22-16(24-17)14-7-11(3)20-12(4)8-14/h5-8H,1-4H3. The van der Waals surface area contributed by atoms with Crippen LogP contribution < -0.4 is 0 Å². The molecule has 0 aliphatic carbocycles. The molecule has 0 saturated heterocycles. The highest BCUT2D eigenvalue weighted by Gasteiger charge is 2.14. The van der Waals surface area contributed by atoms with E-state index in [1.165, 1.54) is 0 Å². The predicted octanol–water partition coefficient (Wildman–Crippen LogP) is 5.11. The lowest BCUT2D eigenvalue weighted by Crippen LogP contribution is -1.87. The minimum Gasteiger partial charge on any atom is -0.258 e. The van der Waals surface area contributed by atoms with E-state index in [-0.39, 0.29) is 0 Å². The van der Waals surface area contributed by atoms with E-state index in [9.17, 15) is 0 Å². The number of aromatic nitrogens is 4. The molecule has 0 aliphatic rings. The van der Waals surface area contributed by atoms with Crippen LogP contribution in [0.1, 0.15) is 22.8 Å². The summed E-state index contributed by atoms with van der Waals surface area (Å²) in [5, 5.41) is 2.01. The quantitative estimate of drug-likeness (QED) is 0.503. The van der Waals surface area contributed by atoms with Crippen molar-refractivity contribution in [3.8, 4) is 21.1 Å². The lowest BCUT2D eigenvalue weighted by atomic mass is 10.2. The van der Waals surface area contributed by atoms with Crippen LogP contribution in [0.5, 0.6) is 0 Å². The molecule has 0 bridgehead atoms. The zero-order valence-electron chi connectivity index (χ0n) is 13.9. The van der Waals surface area contributed by atoms with Crippen LogP contribution in [0.25, 0.3) is 30.8 Å². The number of pyridine rings is 2. The number of aryl methyl sites for hydroxylation is 4. The molecule has 120 valence electrons. The molecule has 0 saturated carbocycles. The van der Waals surface area contributed by atoms with Gasteiger partial charge in [0.25, 0.3) is 0 Å².